The van der Waals surface area contributed by atoms with Gasteiger partial charge in [-0.25, -0.2) is 0 Å². The fraction of sp³-hybridized carbons (Fsp3) is 0.944. The van der Waals surface area contributed by atoms with Crippen LogP contribution in [0, 0.1) is 0 Å². The fourth-order valence-electron chi connectivity index (χ4n) is 11.4. The summed E-state index contributed by atoms with van der Waals surface area (Å²) in [7, 11) is 0. The molecule has 1 amide bonds. The van der Waals surface area contributed by atoms with Crippen molar-refractivity contribution in [3.05, 3.63) is 12.2 Å². The monoisotopic (exact) mass is 1090 g/mol. The standard InChI is InChI=1S/C71H139NO5/c1-3-5-7-9-11-13-15-17-19-20-30-33-36-39-43-47-51-55-59-63-69(74)68(67-73)72-70(75)64-60-56-52-48-44-40-37-34-31-28-26-24-22-21-23-25-27-29-32-35-38-42-46-50-54-58-62-66-77-71(76)65-61-57-53-49-45-41-18-16-14-12-10-8-6-4-2/h59,63,68-69,73-74H,3-58,60-62,64-67H2,1-2H3,(H,72,75)/b63-59+. The predicted molar refractivity (Wildman–Crippen MR) is 338 cm³/mol. The molecule has 0 bridgehead atoms. The number of aliphatic hydroxyl groups is 2. The van der Waals surface area contributed by atoms with Crippen molar-refractivity contribution in [1.29, 1.82) is 0 Å². The second kappa shape index (κ2) is 67.1. The highest BCUT2D eigenvalue weighted by molar-refractivity contribution is 5.76. The summed E-state index contributed by atoms with van der Waals surface area (Å²) in [6.45, 7) is 4.95. The highest BCUT2D eigenvalue weighted by Crippen LogP contribution is 2.19. The molecule has 6 nitrogen and oxygen atoms in total. The van der Waals surface area contributed by atoms with Gasteiger partial charge in [0.25, 0.3) is 0 Å². The Bertz CT molecular complexity index is 1160. The van der Waals surface area contributed by atoms with Crippen LogP contribution in [0.5, 0.6) is 0 Å². The zero-order valence-corrected chi connectivity index (χ0v) is 52.5. The average Bonchev–Trinajstić information content (AvgIpc) is 3.43. The number of hydrogen-bond donors (Lipinski definition) is 3. The molecule has 0 radical (unpaired) electrons. The maximum atomic E-state index is 12.5. The van der Waals surface area contributed by atoms with E-state index in [-0.39, 0.29) is 18.5 Å². The summed E-state index contributed by atoms with van der Waals surface area (Å²) in [4.78, 5) is 24.6. The molecular weight excluding hydrogens is 947 g/mol. The van der Waals surface area contributed by atoms with Crippen molar-refractivity contribution in [1.82, 2.24) is 5.32 Å². The van der Waals surface area contributed by atoms with Crippen LogP contribution in [0.4, 0.5) is 0 Å². The summed E-state index contributed by atoms with van der Waals surface area (Å²) in [6, 6.07) is -0.626. The van der Waals surface area contributed by atoms with Gasteiger partial charge in [-0.05, 0) is 32.1 Å². The predicted octanol–water partition coefficient (Wildman–Crippen LogP) is 22.8. The highest BCUT2D eigenvalue weighted by Gasteiger charge is 2.18. The molecule has 0 fully saturated rings. The van der Waals surface area contributed by atoms with Crippen molar-refractivity contribution in [2.24, 2.45) is 0 Å². The minimum absolute atomic E-state index is 0.0210. The van der Waals surface area contributed by atoms with Crippen molar-refractivity contribution >= 4 is 11.9 Å². The van der Waals surface area contributed by atoms with E-state index >= 15 is 0 Å². The lowest BCUT2D eigenvalue weighted by molar-refractivity contribution is -0.143. The Morgan fingerprint density at radius 1 is 0.351 bits per heavy atom. The molecule has 6 heteroatoms. The smallest absolute Gasteiger partial charge is 0.305 e. The van der Waals surface area contributed by atoms with Gasteiger partial charge in [0.2, 0.25) is 5.91 Å². The van der Waals surface area contributed by atoms with E-state index in [2.05, 4.69) is 19.2 Å². The first-order valence-electron chi connectivity index (χ1n) is 35.5. The summed E-state index contributed by atoms with van der Waals surface area (Å²) in [5.41, 5.74) is 0. The van der Waals surface area contributed by atoms with Gasteiger partial charge >= 0.3 is 5.97 Å². The van der Waals surface area contributed by atoms with Crippen LogP contribution in [0.1, 0.15) is 406 Å². The van der Waals surface area contributed by atoms with Crippen LogP contribution in [-0.4, -0.2) is 47.4 Å². The van der Waals surface area contributed by atoms with Crippen LogP contribution in [0.25, 0.3) is 0 Å². The number of amides is 1. The van der Waals surface area contributed by atoms with E-state index in [0.29, 0.717) is 19.4 Å². The van der Waals surface area contributed by atoms with Gasteiger partial charge in [-0.1, -0.05) is 373 Å². The molecule has 0 spiro atoms. The fourth-order valence-corrected chi connectivity index (χ4v) is 11.4. The molecule has 3 N–H and O–H groups in total. The Morgan fingerprint density at radius 3 is 0.883 bits per heavy atom. The molecule has 77 heavy (non-hydrogen) atoms. The molecular formula is C71H139NO5. The quantitative estimate of drug-likeness (QED) is 0.0320. The lowest BCUT2D eigenvalue weighted by atomic mass is 10.0. The Labute approximate surface area is 482 Å². The number of rotatable bonds is 67. The molecule has 0 aromatic heterocycles. The molecule has 0 heterocycles. The Kier molecular flexibility index (Phi) is 65.9. The molecule has 0 aromatic carbocycles. The van der Waals surface area contributed by atoms with Gasteiger partial charge < -0.3 is 20.3 Å². The number of hydrogen-bond acceptors (Lipinski definition) is 5. The van der Waals surface area contributed by atoms with E-state index < -0.39 is 12.1 Å². The minimum atomic E-state index is -0.842. The zero-order valence-electron chi connectivity index (χ0n) is 52.5. The van der Waals surface area contributed by atoms with Gasteiger partial charge in [0, 0.05) is 12.8 Å². The summed E-state index contributed by atoms with van der Waals surface area (Å²) in [5.74, 6) is -0.0401. The summed E-state index contributed by atoms with van der Waals surface area (Å²) < 4.78 is 5.50. The summed E-state index contributed by atoms with van der Waals surface area (Å²) >= 11 is 0. The molecule has 2 unspecified atom stereocenters. The van der Waals surface area contributed by atoms with E-state index in [4.69, 9.17) is 4.74 Å². The van der Waals surface area contributed by atoms with Crippen molar-refractivity contribution in [3.8, 4) is 0 Å². The van der Waals surface area contributed by atoms with Crippen molar-refractivity contribution in [2.75, 3.05) is 13.2 Å². The first-order chi connectivity index (χ1) is 38.0. The SMILES string of the molecule is CCCCCCCCCCCCCCCCCCC/C=C/C(O)C(CO)NC(=O)CCCCCCCCCCCCCCCCCCCCCCCCCCCCCOC(=O)CCCCCCCCCCCCCCCC. The zero-order chi connectivity index (χ0) is 55.7. The third kappa shape index (κ3) is 63.6. The Hall–Kier alpha value is -1.40. The topological polar surface area (TPSA) is 95.9 Å². The van der Waals surface area contributed by atoms with Crippen molar-refractivity contribution in [3.63, 3.8) is 0 Å². The van der Waals surface area contributed by atoms with Gasteiger partial charge in [0.1, 0.15) is 0 Å². The molecule has 0 saturated heterocycles. The maximum Gasteiger partial charge on any atom is 0.305 e. The third-order valence-corrected chi connectivity index (χ3v) is 16.8. The number of carbonyl (C=O) groups is 2. The van der Waals surface area contributed by atoms with Crippen molar-refractivity contribution in [2.45, 2.75) is 418 Å². The molecule has 0 aliphatic rings. The maximum absolute atomic E-state index is 12.5. The number of ether oxygens (including phenoxy) is 1. The Balaban J connectivity index is 3.36. The first kappa shape index (κ1) is 75.6. The molecule has 2 atom stereocenters. The van der Waals surface area contributed by atoms with E-state index in [1.165, 1.54) is 340 Å². The first-order valence-corrected chi connectivity index (χ1v) is 35.5. The van der Waals surface area contributed by atoms with E-state index in [1.807, 2.05) is 6.08 Å². The van der Waals surface area contributed by atoms with Crippen LogP contribution in [0.15, 0.2) is 12.2 Å². The van der Waals surface area contributed by atoms with Gasteiger partial charge in [-0.3, -0.25) is 9.59 Å². The summed E-state index contributed by atoms with van der Waals surface area (Å²) in [6.07, 6.45) is 82.9. The minimum Gasteiger partial charge on any atom is -0.466 e. The number of carbonyl (C=O) groups excluding carboxylic acids is 2. The molecule has 0 saturated carbocycles. The number of allylic oxidation sites excluding steroid dienone is 1. The lowest BCUT2D eigenvalue weighted by Gasteiger charge is -2.20. The number of aliphatic hydroxyl groups excluding tert-OH is 2. The van der Waals surface area contributed by atoms with Crippen LogP contribution < -0.4 is 5.32 Å². The number of nitrogens with one attached hydrogen (secondary N) is 1. The normalized spacial score (nSPS) is 12.5. The summed E-state index contributed by atoms with van der Waals surface area (Å²) in [5, 5.41) is 23.2. The highest BCUT2D eigenvalue weighted by atomic mass is 16.5. The van der Waals surface area contributed by atoms with Gasteiger partial charge in [0.15, 0.2) is 0 Å². The Morgan fingerprint density at radius 2 is 0.597 bits per heavy atom. The van der Waals surface area contributed by atoms with Gasteiger partial charge in [0.05, 0.1) is 25.4 Å². The number of esters is 1. The molecule has 0 aromatic rings. The number of unbranched alkanes of at least 4 members (excludes halogenated alkanes) is 56. The average molecular weight is 1090 g/mol. The van der Waals surface area contributed by atoms with E-state index in [1.54, 1.807) is 6.08 Å². The second-order valence-corrected chi connectivity index (χ2v) is 24.6. The van der Waals surface area contributed by atoms with Crippen LogP contribution in [0.3, 0.4) is 0 Å². The van der Waals surface area contributed by atoms with Crippen LogP contribution in [0.2, 0.25) is 0 Å². The van der Waals surface area contributed by atoms with Gasteiger partial charge in [-0.2, -0.15) is 0 Å². The largest absolute Gasteiger partial charge is 0.466 e. The third-order valence-electron chi connectivity index (χ3n) is 16.8. The van der Waals surface area contributed by atoms with E-state index in [0.717, 1.165) is 38.5 Å². The van der Waals surface area contributed by atoms with Crippen molar-refractivity contribution < 1.29 is 24.5 Å². The van der Waals surface area contributed by atoms with Crippen LogP contribution in [-0.2, 0) is 14.3 Å². The second-order valence-electron chi connectivity index (χ2n) is 24.6. The molecule has 0 aliphatic heterocycles. The molecule has 458 valence electrons. The van der Waals surface area contributed by atoms with E-state index in [9.17, 15) is 19.8 Å². The van der Waals surface area contributed by atoms with Crippen LogP contribution >= 0.6 is 0 Å². The molecule has 0 aliphatic carbocycles. The van der Waals surface area contributed by atoms with Gasteiger partial charge in [-0.15, -0.1) is 0 Å². The lowest BCUT2D eigenvalue weighted by Crippen LogP contribution is -2.45. The molecule has 0 rings (SSSR count).